The van der Waals surface area contributed by atoms with Gasteiger partial charge in [-0.2, -0.15) is 0 Å². The molecule has 0 spiro atoms. The van der Waals surface area contributed by atoms with Crippen LogP contribution in [0, 0.1) is 17.8 Å². The Morgan fingerprint density at radius 3 is 2.23 bits per heavy atom. The summed E-state index contributed by atoms with van der Waals surface area (Å²) in [5, 5.41) is 21.7. The van der Waals surface area contributed by atoms with Gasteiger partial charge in [0, 0.05) is 0 Å². The molecule has 0 aromatic rings. The molecule has 1 aliphatic heterocycles. The molecule has 2 aliphatic rings. The van der Waals surface area contributed by atoms with Gasteiger partial charge in [0.1, 0.15) is 0 Å². The molecule has 0 aromatic heterocycles. The van der Waals surface area contributed by atoms with E-state index in [-0.39, 0.29) is 23.9 Å². The highest BCUT2D eigenvalue weighted by Gasteiger charge is 2.43. The molecule has 0 radical (unpaired) electrons. The molecule has 1 saturated carbocycles. The third-order valence-electron chi connectivity index (χ3n) is 3.26. The second kappa shape index (κ2) is 3.27. The summed E-state index contributed by atoms with van der Waals surface area (Å²) >= 11 is 0. The van der Waals surface area contributed by atoms with Gasteiger partial charge in [0.2, 0.25) is 0 Å². The van der Waals surface area contributed by atoms with E-state index in [4.69, 9.17) is 5.11 Å². The summed E-state index contributed by atoms with van der Waals surface area (Å²) in [7, 11) is 0. The maximum absolute atomic E-state index is 11.0. The van der Waals surface area contributed by atoms with Gasteiger partial charge < -0.3 is 15.5 Å². The SMILES string of the molecule is O=C(O)C1C2CNCC1CC(O)C2. The number of carbonyl (C=O) groups is 1. The van der Waals surface area contributed by atoms with Crippen LogP contribution in [-0.2, 0) is 4.79 Å². The van der Waals surface area contributed by atoms with Gasteiger partial charge in [0.05, 0.1) is 12.0 Å². The molecular formula is C9H15NO3. The molecule has 1 heterocycles. The zero-order valence-corrected chi connectivity index (χ0v) is 7.44. The highest BCUT2D eigenvalue weighted by atomic mass is 16.4. The minimum Gasteiger partial charge on any atom is -0.481 e. The lowest BCUT2D eigenvalue weighted by Crippen LogP contribution is -2.52. The average molecular weight is 185 g/mol. The molecule has 0 amide bonds. The summed E-state index contributed by atoms with van der Waals surface area (Å²) in [4.78, 5) is 11.0. The number of piperidine rings is 1. The molecule has 3 N–H and O–H groups in total. The Hall–Kier alpha value is -0.610. The maximum Gasteiger partial charge on any atom is 0.307 e. The molecular weight excluding hydrogens is 170 g/mol. The van der Waals surface area contributed by atoms with Crippen LogP contribution in [0.4, 0.5) is 0 Å². The fourth-order valence-corrected chi connectivity index (χ4v) is 2.75. The van der Waals surface area contributed by atoms with Crippen LogP contribution >= 0.6 is 0 Å². The summed E-state index contributed by atoms with van der Waals surface area (Å²) in [5.74, 6) is -0.673. The van der Waals surface area contributed by atoms with Crippen molar-refractivity contribution in [3.8, 4) is 0 Å². The van der Waals surface area contributed by atoms with E-state index in [9.17, 15) is 9.90 Å². The largest absolute Gasteiger partial charge is 0.481 e. The Morgan fingerprint density at radius 2 is 1.77 bits per heavy atom. The Labute approximate surface area is 76.9 Å². The molecule has 74 valence electrons. The molecule has 13 heavy (non-hydrogen) atoms. The molecule has 1 aliphatic carbocycles. The quantitative estimate of drug-likeness (QED) is 0.523. The third-order valence-corrected chi connectivity index (χ3v) is 3.26. The fraction of sp³-hybridized carbons (Fsp3) is 0.889. The minimum atomic E-state index is -0.691. The number of aliphatic carboxylic acids is 1. The number of carboxylic acid groups (broad SMARTS) is 1. The van der Waals surface area contributed by atoms with Crippen molar-refractivity contribution in [2.24, 2.45) is 17.8 Å². The van der Waals surface area contributed by atoms with E-state index in [1.807, 2.05) is 0 Å². The van der Waals surface area contributed by atoms with Crippen LogP contribution in [0.3, 0.4) is 0 Å². The number of aliphatic hydroxyl groups is 1. The normalized spacial score (nSPS) is 44.4. The topological polar surface area (TPSA) is 69.6 Å². The van der Waals surface area contributed by atoms with Crippen LogP contribution in [0.15, 0.2) is 0 Å². The van der Waals surface area contributed by atoms with Crippen LogP contribution in [0.1, 0.15) is 12.8 Å². The van der Waals surface area contributed by atoms with Gasteiger partial charge in [0.15, 0.2) is 0 Å². The molecule has 4 heteroatoms. The first-order chi connectivity index (χ1) is 6.18. The number of hydrogen-bond acceptors (Lipinski definition) is 3. The summed E-state index contributed by atoms with van der Waals surface area (Å²) in [6.45, 7) is 1.48. The van der Waals surface area contributed by atoms with Crippen molar-refractivity contribution in [3.63, 3.8) is 0 Å². The van der Waals surface area contributed by atoms with E-state index in [0.717, 1.165) is 13.1 Å². The van der Waals surface area contributed by atoms with Gasteiger partial charge in [-0.1, -0.05) is 0 Å². The summed E-state index contributed by atoms with van der Waals surface area (Å²) in [5.41, 5.74) is 0. The summed E-state index contributed by atoms with van der Waals surface area (Å²) in [6.07, 6.45) is 0.994. The number of carboxylic acids is 1. The van der Waals surface area contributed by atoms with Gasteiger partial charge in [0.25, 0.3) is 0 Å². The molecule has 2 bridgehead atoms. The van der Waals surface area contributed by atoms with Gasteiger partial charge in [-0.3, -0.25) is 4.79 Å². The second-order valence-corrected chi connectivity index (χ2v) is 4.17. The van der Waals surface area contributed by atoms with Gasteiger partial charge in [-0.15, -0.1) is 0 Å². The van der Waals surface area contributed by atoms with E-state index < -0.39 is 5.97 Å². The number of rotatable bonds is 1. The number of nitrogens with one attached hydrogen (secondary N) is 1. The van der Waals surface area contributed by atoms with E-state index in [0.29, 0.717) is 12.8 Å². The van der Waals surface area contributed by atoms with Crippen molar-refractivity contribution in [2.75, 3.05) is 13.1 Å². The Morgan fingerprint density at radius 1 is 1.23 bits per heavy atom. The molecule has 2 rings (SSSR count). The fourth-order valence-electron chi connectivity index (χ4n) is 2.75. The van der Waals surface area contributed by atoms with Crippen molar-refractivity contribution in [3.05, 3.63) is 0 Å². The standard InChI is InChI=1S/C9H15NO3/c11-7-1-5-3-10-4-6(2-7)8(5)9(12)13/h5-8,10-11H,1-4H2,(H,12,13). The average Bonchev–Trinajstić information content (AvgIpc) is 2.01. The van der Waals surface area contributed by atoms with Gasteiger partial charge in [-0.25, -0.2) is 0 Å². The van der Waals surface area contributed by atoms with Gasteiger partial charge in [-0.05, 0) is 37.8 Å². The van der Waals surface area contributed by atoms with E-state index in [1.165, 1.54) is 0 Å². The lowest BCUT2D eigenvalue weighted by molar-refractivity contribution is -0.150. The first-order valence-electron chi connectivity index (χ1n) is 4.80. The van der Waals surface area contributed by atoms with Crippen LogP contribution < -0.4 is 5.32 Å². The predicted molar refractivity (Wildman–Crippen MR) is 46.2 cm³/mol. The van der Waals surface area contributed by atoms with Crippen molar-refractivity contribution in [1.29, 1.82) is 0 Å². The number of fused-ring (bicyclic) bond motifs is 2. The summed E-state index contributed by atoms with van der Waals surface area (Å²) in [6, 6.07) is 0. The first kappa shape index (κ1) is 8.97. The highest BCUT2D eigenvalue weighted by molar-refractivity contribution is 5.71. The number of aliphatic hydroxyl groups excluding tert-OH is 1. The molecule has 0 aromatic carbocycles. The lowest BCUT2D eigenvalue weighted by Gasteiger charge is -2.42. The minimum absolute atomic E-state index is 0.125. The van der Waals surface area contributed by atoms with E-state index >= 15 is 0 Å². The molecule has 2 fully saturated rings. The monoisotopic (exact) mass is 185 g/mol. The maximum atomic E-state index is 11.0. The second-order valence-electron chi connectivity index (χ2n) is 4.17. The van der Waals surface area contributed by atoms with E-state index in [1.54, 1.807) is 0 Å². The zero-order chi connectivity index (χ0) is 9.42. The zero-order valence-electron chi connectivity index (χ0n) is 7.44. The van der Waals surface area contributed by atoms with E-state index in [2.05, 4.69) is 5.32 Å². The van der Waals surface area contributed by atoms with Crippen molar-refractivity contribution < 1.29 is 15.0 Å². The van der Waals surface area contributed by atoms with Crippen molar-refractivity contribution in [1.82, 2.24) is 5.32 Å². The van der Waals surface area contributed by atoms with Crippen LogP contribution in [0.25, 0.3) is 0 Å². The van der Waals surface area contributed by atoms with Crippen LogP contribution in [0.5, 0.6) is 0 Å². The van der Waals surface area contributed by atoms with Crippen molar-refractivity contribution >= 4 is 5.97 Å². The van der Waals surface area contributed by atoms with Crippen LogP contribution in [0.2, 0.25) is 0 Å². The van der Waals surface area contributed by atoms with Crippen LogP contribution in [-0.4, -0.2) is 35.4 Å². The Kier molecular flexibility index (Phi) is 2.26. The lowest BCUT2D eigenvalue weighted by atomic mass is 9.68. The van der Waals surface area contributed by atoms with Gasteiger partial charge >= 0.3 is 5.97 Å². The van der Waals surface area contributed by atoms with Crippen molar-refractivity contribution in [2.45, 2.75) is 18.9 Å². The number of hydrogen-bond donors (Lipinski definition) is 3. The third kappa shape index (κ3) is 1.56. The molecule has 2 unspecified atom stereocenters. The predicted octanol–water partition coefficient (Wildman–Crippen LogP) is -0.323. The summed E-state index contributed by atoms with van der Waals surface area (Å²) < 4.78 is 0. The molecule has 1 saturated heterocycles. The smallest absolute Gasteiger partial charge is 0.307 e. The molecule has 4 nitrogen and oxygen atoms in total. The Balaban J connectivity index is 2.14. The first-order valence-corrected chi connectivity index (χ1v) is 4.80. The highest BCUT2D eigenvalue weighted by Crippen LogP contribution is 2.37. The Bertz CT molecular complexity index is 205. The molecule has 2 atom stereocenters.